The van der Waals surface area contributed by atoms with Crippen molar-refractivity contribution >= 4 is 23.0 Å². The number of nitrogens with zero attached hydrogens (tertiary/aromatic N) is 1. The highest BCUT2D eigenvalue weighted by atomic mass is 16.6. The van der Waals surface area contributed by atoms with Gasteiger partial charge in [-0.15, -0.1) is 0 Å². The molecule has 0 aliphatic rings. The second-order valence-electron chi connectivity index (χ2n) is 4.19. The van der Waals surface area contributed by atoms with Crippen molar-refractivity contribution < 1.29 is 14.5 Å². The van der Waals surface area contributed by atoms with Crippen LogP contribution in [0.2, 0.25) is 0 Å². The molecule has 1 amide bonds. The van der Waals surface area contributed by atoms with Crippen LogP contribution in [0.3, 0.4) is 0 Å². The third kappa shape index (κ3) is 3.08. The van der Waals surface area contributed by atoms with Gasteiger partial charge in [-0.05, 0) is 18.2 Å². The summed E-state index contributed by atoms with van der Waals surface area (Å²) in [5.41, 5.74) is 6.25. The Hall–Kier alpha value is -3.09. The van der Waals surface area contributed by atoms with Gasteiger partial charge in [-0.3, -0.25) is 14.9 Å². The number of amides is 1. The minimum absolute atomic E-state index is 0.117. The van der Waals surface area contributed by atoms with Crippen molar-refractivity contribution in [3.63, 3.8) is 0 Å². The molecule has 7 nitrogen and oxygen atoms in total. The van der Waals surface area contributed by atoms with Crippen molar-refractivity contribution in [3.05, 3.63) is 58.1 Å². The molecule has 0 spiro atoms. The Morgan fingerprint density at radius 2 is 2.00 bits per heavy atom. The molecular weight excluding hydrogens is 274 g/mol. The van der Waals surface area contributed by atoms with Crippen LogP contribution in [0.15, 0.2) is 42.5 Å². The number of hydrogen-bond acceptors (Lipinski definition) is 5. The van der Waals surface area contributed by atoms with E-state index in [0.29, 0.717) is 11.4 Å². The van der Waals surface area contributed by atoms with Crippen LogP contribution in [0.25, 0.3) is 0 Å². The molecule has 108 valence electrons. The first kappa shape index (κ1) is 14.3. The number of anilines is 2. The van der Waals surface area contributed by atoms with Crippen LogP contribution in [0.5, 0.6) is 5.75 Å². The maximum Gasteiger partial charge on any atom is 0.292 e. The third-order valence-corrected chi connectivity index (χ3v) is 2.82. The van der Waals surface area contributed by atoms with Gasteiger partial charge in [0.1, 0.15) is 11.4 Å². The molecule has 21 heavy (non-hydrogen) atoms. The topological polar surface area (TPSA) is 107 Å². The molecule has 0 unspecified atom stereocenters. The predicted molar refractivity (Wildman–Crippen MR) is 78.5 cm³/mol. The zero-order chi connectivity index (χ0) is 15.4. The minimum Gasteiger partial charge on any atom is -0.496 e. The molecule has 2 rings (SSSR count). The van der Waals surface area contributed by atoms with E-state index in [1.807, 2.05) is 0 Å². The second kappa shape index (κ2) is 5.91. The summed E-state index contributed by atoms with van der Waals surface area (Å²) in [6.07, 6.45) is 0. The lowest BCUT2D eigenvalue weighted by molar-refractivity contribution is -0.383. The van der Waals surface area contributed by atoms with Gasteiger partial charge in [0.15, 0.2) is 0 Å². The van der Waals surface area contributed by atoms with E-state index in [4.69, 9.17) is 10.5 Å². The minimum atomic E-state index is -0.560. The number of hydrogen-bond donors (Lipinski definition) is 2. The van der Waals surface area contributed by atoms with E-state index < -0.39 is 10.8 Å². The summed E-state index contributed by atoms with van der Waals surface area (Å²) in [5, 5.41) is 13.4. The van der Waals surface area contributed by atoms with E-state index in [-0.39, 0.29) is 16.9 Å². The van der Waals surface area contributed by atoms with Crippen LogP contribution < -0.4 is 15.8 Å². The number of ether oxygens (including phenoxy) is 1. The summed E-state index contributed by atoms with van der Waals surface area (Å²) in [5.74, 6) is -0.216. The summed E-state index contributed by atoms with van der Waals surface area (Å²) in [6.45, 7) is 0. The normalized spacial score (nSPS) is 9.95. The number of nitrogen functional groups attached to an aromatic ring is 1. The van der Waals surface area contributed by atoms with Gasteiger partial charge in [0, 0.05) is 17.8 Å². The summed E-state index contributed by atoms with van der Waals surface area (Å²) in [7, 11) is 1.41. The molecule has 0 saturated carbocycles. The van der Waals surface area contributed by atoms with Crippen molar-refractivity contribution in [2.75, 3.05) is 18.2 Å². The number of methoxy groups -OCH3 is 1. The lowest BCUT2D eigenvalue weighted by Crippen LogP contribution is -2.14. The monoisotopic (exact) mass is 287 g/mol. The molecule has 0 fully saturated rings. The zero-order valence-corrected chi connectivity index (χ0v) is 11.2. The summed E-state index contributed by atoms with van der Waals surface area (Å²) >= 11 is 0. The molecule has 0 aliphatic heterocycles. The Morgan fingerprint density at radius 1 is 1.29 bits per heavy atom. The van der Waals surface area contributed by atoms with Crippen LogP contribution in [-0.2, 0) is 0 Å². The fourth-order valence-corrected chi connectivity index (χ4v) is 1.82. The van der Waals surface area contributed by atoms with Gasteiger partial charge in [-0.25, -0.2) is 0 Å². The van der Waals surface area contributed by atoms with Crippen LogP contribution in [0.1, 0.15) is 10.4 Å². The van der Waals surface area contributed by atoms with Crippen molar-refractivity contribution in [1.82, 2.24) is 0 Å². The van der Waals surface area contributed by atoms with Crippen molar-refractivity contribution in [2.45, 2.75) is 0 Å². The Balaban J connectivity index is 2.33. The van der Waals surface area contributed by atoms with E-state index in [1.165, 1.54) is 37.4 Å². The molecule has 0 aliphatic carbocycles. The Kier molecular flexibility index (Phi) is 4.03. The molecule has 0 saturated heterocycles. The maximum absolute atomic E-state index is 12.2. The molecule has 3 N–H and O–H groups in total. The molecule has 7 heteroatoms. The van der Waals surface area contributed by atoms with Gasteiger partial charge >= 0.3 is 0 Å². The standard InChI is InChI=1S/C14H13N3O4/c1-21-13-8-9(15)6-7-10(13)14(18)16-11-4-2-3-5-12(11)17(19)20/h2-8H,15H2,1H3,(H,16,18). The molecule has 2 aromatic rings. The summed E-state index contributed by atoms with van der Waals surface area (Å²) in [6, 6.07) is 10.5. The number of benzene rings is 2. The second-order valence-corrected chi connectivity index (χ2v) is 4.19. The Labute approximate surface area is 120 Å². The van der Waals surface area contributed by atoms with Crippen molar-refractivity contribution in [1.29, 1.82) is 0 Å². The average Bonchev–Trinajstić information content (AvgIpc) is 2.47. The highest BCUT2D eigenvalue weighted by molar-refractivity contribution is 6.07. The van der Waals surface area contributed by atoms with Crippen molar-refractivity contribution in [3.8, 4) is 5.75 Å². The largest absolute Gasteiger partial charge is 0.496 e. The number of carbonyl (C=O) groups excluding carboxylic acids is 1. The fourth-order valence-electron chi connectivity index (χ4n) is 1.82. The van der Waals surface area contributed by atoms with E-state index >= 15 is 0 Å². The number of nitrogens with one attached hydrogen (secondary N) is 1. The number of nitro benzene ring substituents is 1. The molecule has 2 aromatic carbocycles. The third-order valence-electron chi connectivity index (χ3n) is 2.82. The lowest BCUT2D eigenvalue weighted by atomic mass is 10.1. The van der Waals surface area contributed by atoms with Crippen LogP contribution in [0, 0.1) is 10.1 Å². The van der Waals surface area contributed by atoms with E-state index in [9.17, 15) is 14.9 Å². The molecule has 0 atom stereocenters. The number of carbonyl (C=O) groups is 1. The van der Waals surface area contributed by atoms with Gasteiger partial charge in [0.05, 0.1) is 17.6 Å². The smallest absolute Gasteiger partial charge is 0.292 e. The summed E-state index contributed by atoms with van der Waals surface area (Å²) in [4.78, 5) is 22.6. The van der Waals surface area contributed by atoms with E-state index in [0.717, 1.165) is 0 Å². The molecular formula is C14H13N3O4. The van der Waals surface area contributed by atoms with E-state index in [2.05, 4.69) is 5.32 Å². The van der Waals surface area contributed by atoms with Gasteiger partial charge in [-0.1, -0.05) is 12.1 Å². The SMILES string of the molecule is COc1cc(N)ccc1C(=O)Nc1ccccc1[N+](=O)[O-]. The number of nitrogens with two attached hydrogens (primary N) is 1. The molecule has 0 radical (unpaired) electrons. The Morgan fingerprint density at radius 3 is 2.67 bits per heavy atom. The number of rotatable bonds is 4. The van der Waals surface area contributed by atoms with E-state index in [1.54, 1.807) is 12.1 Å². The first-order valence-electron chi connectivity index (χ1n) is 6.01. The molecule has 0 bridgehead atoms. The zero-order valence-electron chi connectivity index (χ0n) is 11.2. The quantitative estimate of drug-likeness (QED) is 0.510. The lowest BCUT2D eigenvalue weighted by Gasteiger charge is -2.10. The first-order valence-corrected chi connectivity index (χ1v) is 6.01. The van der Waals surface area contributed by atoms with Crippen LogP contribution in [0.4, 0.5) is 17.1 Å². The first-order chi connectivity index (χ1) is 10.0. The van der Waals surface area contributed by atoms with Gasteiger partial charge in [-0.2, -0.15) is 0 Å². The maximum atomic E-state index is 12.2. The highest BCUT2D eigenvalue weighted by Gasteiger charge is 2.18. The van der Waals surface area contributed by atoms with Crippen LogP contribution >= 0.6 is 0 Å². The average molecular weight is 287 g/mol. The fraction of sp³-hybridized carbons (Fsp3) is 0.0714. The van der Waals surface area contributed by atoms with Crippen molar-refractivity contribution in [2.24, 2.45) is 0 Å². The highest BCUT2D eigenvalue weighted by Crippen LogP contribution is 2.26. The predicted octanol–water partition coefficient (Wildman–Crippen LogP) is 2.44. The number of nitro groups is 1. The number of para-hydroxylation sites is 2. The molecule has 0 aromatic heterocycles. The van der Waals surface area contributed by atoms with Crippen LogP contribution in [-0.4, -0.2) is 17.9 Å². The van der Waals surface area contributed by atoms with Gasteiger partial charge in [0.2, 0.25) is 0 Å². The van der Waals surface area contributed by atoms with Gasteiger partial charge in [0.25, 0.3) is 11.6 Å². The Bertz CT molecular complexity index is 700. The van der Waals surface area contributed by atoms with Gasteiger partial charge < -0.3 is 15.8 Å². The summed E-state index contributed by atoms with van der Waals surface area (Å²) < 4.78 is 5.09. The molecule has 0 heterocycles.